The summed E-state index contributed by atoms with van der Waals surface area (Å²) in [6, 6.07) is 5.20. The number of sulfonamides is 1. The first-order chi connectivity index (χ1) is 15.9. The van der Waals surface area contributed by atoms with Crippen LogP contribution in [0.25, 0.3) is 11.0 Å². The van der Waals surface area contributed by atoms with Crippen LogP contribution in [0.2, 0.25) is 0 Å². The second-order valence-electron chi connectivity index (χ2n) is 8.42. The lowest BCUT2D eigenvalue weighted by Crippen LogP contribution is -2.27. The molecule has 1 aliphatic heterocycles. The Balaban J connectivity index is 1.44. The molecule has 0 atom stereocenters. The summed E-state index contributed by atoms with van der Waals surface area (Å²) >= 11 is 1.61. The van der Waals surface area contributed by atoms with E-state index in [1.54, 1.807) is 27.8 Å². The summed E-state index contributed by atoms with van der Waals surface area (Å²) in [6.45, 7) is 6.55. The molecule has 1 saturated heterocycles. The van der Waals surface area contributed by atoms with Gasteiger partial charge in [-0.25, -0.2) is 18.4 Å². The maximum Gasteiger partial charge on any atom is 0.243 e. The molecular weight excluding hydrogens is 458 g/mol. The highest BCUT2D eigenvalue weighted by Crippen LogP contribution is 2.25. The number of fused-ring (bicyclic) bond motifs is 1. The van der Waals surface area contributed by atoms with E-state index in [9.17, 15) is 13.2 Å². The van der Waals surface area contributed by atoms with Gasteiger partial charge in [-0.1, -0.05) is 6.92 Å². The minimum atomic E-state index is -3.49. The SMILES string of the molecule is CCCn1c(CCC(=O)NCCc2nc(C)cs2)nc2cc(S(=O)(=O)N3CCCC3)ccc21. The standard InChI is InChI=1S/C23H31N5O3S2/c1-3-12-28-20-7-6-18(33(30,31)27-13-4-5-14-27)15-19(20)26-21(28)8-9-22(29)24-11-10-23-25-17(2)16-32-23/h6-7,15-16H,3-5,8-14H2,1-2H3,(H,24,29). The maximum atomic E-state index is 12.9. The average molecular weight is 490 g/mol. The second kappa shape index (κ2) is 10.3. The molecule has 10 heteroatoms. The summed E-state index contributed by atoms with van der Waals surface area (Å²) < 4.78 is 29.6. The first-order valence-electron chi connectivity index (χ1n) is 11.6. The summed E-state index contributed by atoms with van der Waals surface area (Å²) in [4.78, 5) is 21.8. The molecule has 0 saturated carbocycles. The van der Waals surface area contributed by atoms with Gasteiger partial charge >= 0.3 is 0 Å². The second-order valence-corrected chi connectivity index (χ2v) is 11.3. The van der Waals surface area contributed by atoms with E-state index >= 15 is 0 Å². The zero-order chi connectivity index (χ0) is 23.4. The molecule has 0 unspecified atom stereocenters. The van der Waals surface area contributed by atoms with Gasteiger partial charge in [0.05, 0.1) is 20.9 Å². The minimum absolute atomic E-state index is 0.0179. The van der Waals surface area contributed by atoms with Crippen molar-refractivity contribution < 1.29 is 13.2 Å². The third-order valence-electron chi connectivity index (χ3n) is 5.85. The quantitative estimate of drug-likeness (QED) is 0.471. The van der Waals surface area contributed by atoms with Gasteiger partial charge in [-0.3, -0.25) is 4.79 Å². The fourth-order valence-corrected chi connectivity index (χ4v) is 6.52. The van der Waals surface area contributed by atoms with E-state index in [2.05, 4.69) is 21.8 Å². The smallest absolute Gasteiger partial charge is 0.243 e. The van der Waals surface area contributed by atoms with Crippen LogP contribution < -0.4 is 5.32 Å². The summed E-state index contributed by atoms with van der Waals surface area (Å²) in [7, 11) is -3.49. The molecule has 0 spiro atoms. The van der Waals surface area contributed by atoms with Crippen molar-refractivity contribution in [2.45, 2.75) is 63.8 Å². The van der Waals surface area contributed by atoms with Gasteiger partial charge in [0.15, 0.2) is 0 Å². The Morgan fingerprint density at radius 2 is 1.97 bits per heavy atom. The highest BCUT2D eigenvalue weighted by Gasteiger charge is 2.27. The van der Waals surface area contributed by atoms with E-state index in [0.29, 0.717) is 42.9 Å². The van der Waals surface area contributed by atoms with E-state index in [4.69, 9.17) is 4.98 Å². The van der Waals surface area contributed by atoms with Gasteiger partial charge in [0.25, 0.3) is 0 Å². The van der Waals surface area contributed by atoms with E-state index < -0.39 is 10.0 Å². The molecule has 3 heterocycles. The van der Waals surface area contributed by atoms with Crippen molar-refractivity contribution in [1.82, 2.24) is 24.2 Å². The maximum absolute atomic E-state index is 12.9. The largest absolute Gasteiger partial charge is 0.356 e. The van der Waals surface area contributed by atoms with Crippen molar-refractivity contribution in [1.29, 1.82) is 0 Å². The predicted molar refractivity (Wildman–Crippen MR) is 130 cm³/mol. The van der Waals surface area contributed by atoms with Gasteiger partial charge < -0.3 is 9.88 Å². The summed E-state index contributed by atoms with van der Waals surface area (Å²) in [5.41, 5.74) is 2.58. The Morgan fingerprint density at radius 1 is 1.18 bits per heavy atom. The summed E-state index contributed by atoms with van der Waals surface area (Å²) in [5.74, 6) is 0.795. The van der Waals surface area contributed by atoms with Crippen LogP contribution in [0.5, 0.6) is 0 Å². The molecule has 8 nitrogen and oxygen atoms in total. The lowest BCUT2D eigenvalue weighted by atomic mass is 10.2. The molecule has 0 aliphatic carbocycles. The number of hydrogen-bond donors (Lipinski definition) is 1. The van der Waals surface area contributed by atoms with Crippen LogP contribution in [-0.4, -0.2) is 52.8 Å². The van der Waals surface area contributed by atoms with Crippen LogP contribution in [0.1, 0.15) is 49.1 Å². The number of aromatic nitrogens is 3. The predicted octanol–water partition coefficient (Wildman–Crippen LogP) is 3.29. The molecule has 3 aromatic rings. The Hall–Kier alpha value is -2.30. The van der Waals surface area contributed by atoms with Crippen LogP contribution in [0.15, 0.2) is 28.5 Å². The summed E-state index contributed by atoms with van der Waals surface area (Å²) in [5, 5.41) is 6.00. The molecule has 4 rings (SSSR count). The number of carbonyl (C=O) groups is 1. The van der Waals surface area contributed by atoms with E-state index in [1.807, 2.05) is 18.4 Å². The normalized spacial score (nSPS) is 14.8. The number of hydrogen-bond acceptors (Lipinski definition) is 6. The van der Waals surface area contributed by atoms with Gasteiger partial charge in [0.1, 0.15) is 5.82 Å². The topological polar surface area (TPSA) is 97.2 Å². The number of aryl methyl sites for hydroxylation is 3. The van der Waals surface area contributed by atoms with Gasteiger partial charge in [-0.2, -0.15) is 4.31 Å². The molecular formula is C23H31N5O3S2. The molecule has 1 aliphatic rings. The molecule has 0 radical (unpaired) electrons. The van der Waals surface area contributed by atoms with E-state index in [0.717, 1.165) is 54.3 Å². The van der Waals surface area contributed by atoms with E-state index in [-0.39, 0.29) is 5.91 Å². The number of thiazole rings is 1. The number of benzene rings is 1. The third kappa shape index (κ3) is 5.44. The molecule has 1 amide bonds. The number of imidazole rings is 1. The lowest BCUT2D eigenvalue weighted by molar-refractivity contribution is -0.121. The number of nitrogens with zero attached hydrogens (tertiary/aromatic N) is 4. The highest BCUT2D eigenvalue weighted by molar-refractivity contribution is 7.89. The number of carbonyl (C=O) groups excluding carboxylic acids is 1. The first-order valence-corrected chi connectivity index (χ1v) is 13.9. The highest BCUT2D eigenvalue weighted by atomic mass is 32.2. The van der Waals surface area contributed by atoms with Crippen LogP contribution in [0.3, 0.4) is 0 Å². The van der Waals surface area contributed by atoms with Crippen molar-refractivity contribution in [3.8, 4) is 0 Å². The Morgan fingerprint density at radius 3 is 2.67 bits per heavy atom. The third-order valence-corrected chi connectivity index (χ3v) is 8.77. The Bertz CT molecular complexity index is 1230. The molecule has 2 aromatic heterocycles. The van der Waals surface area contributed by atoms with Crippen LogP contribution in [-0.2, 0) is 34.2 Å². The molecule has 1 fully saturated rings. The molecule has 1 aromatic carbocycles. The summed E-state index contributed by atoms with van der Waals surface area (Å²) in [6.07, 6.45) is 4.30. The van der Waals surface area contributed by atoms with Crippen molar-refractivity contribution in [2.75, 3.05) is 19.6 Å². The zero-order valence-electron chi connectivity index (χ0n) is 19.2. The number of nitrogens with one attached hydrogen (secondary N) is 1. The van der Waals surface area contributed by atoms with Gasteiger partial charge in [0.2, 0.25) is 15.9 Å². The van der Waals surface area contributed by atoms with Crippen molar-refractivity contribution in [2.24, 2.45) is 0 Å². The van der Waals surface area contributed by atoms with Crippen molar-refractivity contribution in [3.63, 3.8) is 0 Å². The fraction of sp³-hybridized carbons (Fsp3) is 0.522. The first kappa shape index (κ1) is 23.8. The van der Waals surface area contributed by atoms with Crippen LogP contribution >= 0.6 is 11.3 Å². The Labute approximate surface area is 199 Å². The van der Waals surface area contributed by atoms with Crippen LogP contribution in [0.4, 0.5) is 0 Å². The number of amides is 1. The van der Waals surface area contributed by atoms with Crippen molar-refractivity contribution >= 4 is 38.3 Å². The van der Waals surface area contributed by atoms with Gasteiger partial charge in [-0.15, -0.1) is 11.3 Å². The molecule has 178 valence electrons. The zero-order valence-corrected chi connectivity index (χ0v) is 20.8. The Kier molecular flexibility index (Phi) is 7.45. The molecule has 1 N–H and O–H groups in total. The molecule has 0 bridgehead atoms. The lowest BCUT2D eigenvalue weighted by Gasteiger charge is -2.15. The van der Waals surface area contributed by atoms with E-state index in [1.165, 1.54) is 0 Å². The fourth-order valence-electron chi connectivity index (χ4n) is 4.20. The van der Waals surface area contributed by atoms with Crippen molar-refractivity contribution in [3.05, 3.63) is 40.1 Å². The number of rotatable bonds is 10. The van der Waals surface area contributed by atoms with Gasteiger partial charge in [-0.05, 0) is 44.4 Å². The minimum Gasteiger partial charge on any atom is -0.356 e. The monoisotopic (exact) mass is 489 g/mol. The van der Waals surface area contributed by atoms with Crippen LogP contribution in [0, 0.1) is 6.92 Å². The van der Waals surface area contributed by atoms with Gasteiger partial charge in [0, 0.05) is 56.5 Å². The average Bonchev–Trinajstić information content (AvgIpc) is 3.53. The molecule has 33 heavy (non-hydrogen) atoms.